The van der Waals surface area contributed by atoms with Crippen LogP contribution in [0.1, 0.15) is 44.9 Å². The Labute approximate surface area is 234 Å². The number of hydrogen-bond acceptors (Lipinski definition) is 6. The van der Waals surface area contributed by atoms with E-state index < -0.39 is 0 Å². The molecule has 0 radical (unpaired) electrons. The van der Waals surface area contributed by atoms with Crippen LogP contribution in [-0.4, -0.2) is 98.1 Å². The van der Waals surface area contributed by atoms with E-state index in [1.807, 2.05) is 0 Å². The zero-order valence-corrected chi connectivity index (χ0v) is 23.8. The number of likely N-dealkylation sites (tertiary alicyclic amines) is 1. The second-order valence-electron chi connectivity index (χ2n) is 10.9. The summed E-state index contributed by atoms with van der Waals surface area (Å²) < 4.78 is 4.88. The van der Waals surface area contributed by atoms with Crippen molar-refractivity contribution in [2.45, 2.75) is 57.0 Å². The normalized spacial score (nSPS) is 27.9. The molecule has 0 spiro atoms. The molecule has 9 heteroatoms. The van der Waals surface area contributed by atoms with Gasteiger partial charge in [-0.2, -0.15) is 0 Å². The molecular weight excluding hydrogens is 511 g/mol. The van der Waals surface area contributed by atoms with E-state index in [1.165, 1.54) is 51.6 Å². The Kier molecular flexibility index (Phi) is 11.4. The highest BCUT2D eigenvalue weighted by Gasteiger charge is 2.49. The molecule has 208 valence electrons. The minimum Gasteiger partial charge on any atom is -0.469 e. The van der Waals surface area contributed by atoms with Crippen LogP contribution < -0.4 is 4.90 Å². The molecule has 0 N–H and O–H groups in total. The molecule has 7 nitrogen and oxygen atoms in total. The average molecular weight is 556 g/mol. The lowest BCUT2D eigenvalue weighted by atomic mass is 9.69. The first-order chi connectivity index (χ1) is 17.1. The van der Waals surface area contributed by atoms with Crippen molar-refractivity contribution >= 4 is 42.4 Å². The van der Waals surface area contributed by atoms with Gasteiger partial charge in [0, 0.05) is 56.9 Å². The Bertz CT molecular complexity index is 866. The van der Waals surface area contributed by atoms with Crippen LogP contribution in [0.25, 0.3) is 0 Å². The number of hydrogen-bond donors (Lipinski definition) is 0. The first kappa shape index (κ1) is 30.0. The molecule has 1 amide bonds. The van der Waals surface area contributed by atoms with Crippen molar-refractivity contribution in [1.29, 1.82) is 0 Å². The maximum Gasteiger partial charge on any atom is 0.305 e. The summed E-state index contributed by atoms with van der Waals surface area (Å²) in [4.78, 5) is 35.3. The van der Waals surface area contributed by atoms with Gasteiger partial charge in [-0.1, -0.05) is 18.2 Å². The number of rotatable bonds is 7. The molecule has 4 aliphatic heterocycles. The van der Waals surface area contributed by atoms with Gasteiger partial charge in [0.2, 0.25) is 5.91 Å². The van der Waals surface area contributed by atoms with E-state index >= 15 is 0 Å². The quantitative estimate of drug-likeness (QED) is 0.479. The van der Waals surface area contributed by atoms with Crippen molar-refractivity contribution < 1.29 is 14.3 Å². The number of anilines is 1. The molecule has 37 heavy (non-hydrogen) atoms. The van der Waals surface area contributed by atoms with E-state index in [2.05, 4.69) is 49.9 Å². The van der Waals surface area contributed by atoms with Gasteiger partial charge in [0.05, 0.1) is 13.7 Å². The molecular formula is C28H44Cl2N4O3. The fourth-order valence-corrected chi connectivity index (χ4v) is 7.29. The van der Waals surface area contributed by atoms with E-state index in [9.17, 15) is 9.59 Å². The van der Waals surface area contributed by atoms with Crippen molar-refractivity contribution in [3.63, 3.8) is 0 Å². The topological polar surface area (TPSA) is 56.3 Å². The third kappa shape index (κ3) is 6.92. The number of piperazine rings is 1. The Morgan fingerprint density at radius 1 is 0.946 bits per heavy atom. The second kappa shape index (κ2) is 14.0. The molecule has 4 heterocycles. The fraction of sp³-hybridized carbons (Fsp3) is 0.714. The van der Waals surface area contributed by atoms with Crippen molar-refractivity contribution in [3.05, 3.63) is 30.3 Å². The number of esters is 1. The fourth-order valence-electron chi connectivity index (χ4n) is 7.29. The van der Waals surface area contributed by atoms with E-state index in [0.717, 1.165) is 45.6 Å². The number of ether oxygens (including phenoxy) is 1. The molecule has 0 aliphatic carbocycles. The molecule has 1 aromatic rings. The largest absolute Gasteiger partial charge is 0.469 e. The molecule has 4 fully saturated rings. The highest BCUT2D eigenvalue weighted by atomic mass is 35.5. The predicted octanol–water partition coefficient (Wildman–Crippen LogP) is 3.70. The van der Waals surface area contributed by atoms with Gasteiger partial charge in [-0.15, -0.1) is 24.8 Å². The smallest absolute Gasteiger partial charge is 0.305 e. The number of amides is 1. The Hall–Kier alpha value is -1.54. The summed E-state index contributed by atoms with van der Waals surface area (Å²) >= 11 is 0. The van der Waals surface area contributed by atoms with Crippen LogP contribution in [0.4, 0.5) is 5.69 Å². The summed E-state index contributed by atoms with van der Waals surface area (Å²) in [5.74, 6) is 1.29. The zero-order chi connectivity index (χ0) is 24.2. The summed E-state index contributed by atoms with van der Waals surface area (Å²) in [5, 5.41) is 0. The number of carbonyl (C=O) groups is 2. The van der Waals surface area contributed by atoms with Gasteiger partial charge in [0.1, 0.15) is 0 Å². The van der Waals surface area contributed by atoms with Crippen LogP contribution in [0.3, 0.4) is 0 Å². The number of carbonyl (C=O) groups excluding carboxylic acids is 2. The molecule has 1 aromatic carbocycles. The van der Waals surface area contributed by atoms with Crippen molar-refractivity contribution in [1.82, 2.24) is 14.7 Å². The number of piperidine rings is 3. The van der Waals surface area contributed by atoms with E-state index in [0.29, 0.717) is 36.8 Å². The average Bonchev–Trinajstić information content (AvgIpc) is 2.90. The molecule has 5 rings (SSSR count). The van der Waals surface area contributed by atoms with E-state index in [4.69, 9.17) is 4.74 Å². The van der Waals surface area contributed by atoms with Crippen LogP contribution in [-0.2, 0) is 14.3 Å². The number of nitrogens with zero attached hydrogens (tertiary/aromatic N) is 4. The van der Waals surface area contributed by atoms with Crippen LogP contribution in [0.5, 0.6) is 0 Å². The molecule has 4 saturated heterocycles. The third-order valence-electron chi connectivity index (χ3n) is 8.95. The molecule has 0 saturated carbocycles. The van der Waals surface area contributed by atoms with Crippen LogP contribution in [0.2, 0.25) is 0 Å². The lowest BCUT2D eigenvalue weighted by Gasteiger charge is -2.57. The summed E-state index contributed by atoms with van der Waals surface area (Å²) in [5.41, 5.74) is 1.27. The van der Waals surface area contributed by atoms with E-state index in [1.54, 1.807) is 0 Å². The number of methoxy groups -OCH3 is 1. The summed E-state index contributed by atoms with van der Waals surface area (Å²) in [7, 11) is 1.46. The van der Waals surface area contributed by atoms with Crippen LogP contribution >= 0.6 is 24.8 Å². The van der Waals surface area contributed by atoms with Gasteiger partial charge in [-0.05, 0) is 75.6 Å². The first-order valence-corrected chi connectivity index (χ1v) is 13.8. The Balaban J connectivity index is 0.00000190. The van der Waals surface area contributed by atoms with Gasteiger partial charge >= 0.3 is 5.97 Å². The standard InChI is InChI=1S/C28H42N4O3.2ClH/c1-35-27(34)13-5-12-25-24-11-7-15-31-14-6-8-22(28(24)31)20-32(25)26(33)21-29-16-18-30(19-17-29)23-9-3-2-4-10-23;;/h2-4,9-10,22,24-25,28H,5-8,11-21H2,1H3;2*1H. The van der Waals surface area contributed by atoms with Crippen molar-refractivity contribution in [3.8, 4) is 0 Å². The van der Waals surface area contributed by atoms with Crippen molar-refractivity contribution in [2.75, 3.05) is 64.4 Å². The van der Waals surface area contributed by atoms with Crippen LogP contribution in [0.15, 0.2) is 30.3 Å². The number of para-hydroxylation sites is 1. The lowest BCUT2D eigenvalue weighted by molar-refractivity contribution is -0.147. The maximum atomic E-state index is 13.8. The van der Waals surface area contributed by atoms with Gasteiger partial charge in [0.25, 0.3) is 0 Å². The maximum absolute atomic E-state index is 13.8. The Morgan fingerprint density at radius 2 is 1.65 bits per heavy atom. The van der Waals surface area contributed by atoms with Gasteiger partial charge < -0.3 is 14.5 Å². The van der Waals surface area contributed by atoms with Gasteiger partial charge in [0.15, 0.2) is 0 Å². The summed E-state index contributed by atoms with van der Waals surface area (Å²) in [6.45, 7) is 7.60. The molecule has 0 aromatic heterocycles. The molecule has 4 atom stereocenters. The zero-order valence-electron chi connectivity index (χ0n) is 22.1. The van der Waals surface area contributed by atoms with Gasteiger partial charge in [-0.25, -0.2) is 0 Å². The summed E-state index contributed by atoms with van der Waals surface area (Å²) in [6.07, 6.45) is 7.08. The molecule has 4 aliphatic rings. The SMILES string of the molecule is COC(=O)CCCC1C2CCCN3CCCC(CN1C(=O)CN1CCN(c4ccccc4)CC1)C23.Cl.Cl. The monoisotopic (exact) mass is 554 g/mol. The van der Waals surface area contributed by atoms with Gasteiger partial charge in [-0.3, -0.25) is 19.4 Å². The van der Waals surface area contributed by atoms with E-state index in [-0.39, 0.29) is 36.8 Å². The number of benzene rings is 1. The minimum atomic E-state index is -0.143. The Morgan fingerprint density at radius 3 is 2.35 bits per heavy atom. The highest BCUT2D eigenvalue weighted by molar-refractivity contribution is 5.85. The predicted molar refractivity (Wildman–Crippen MR) is 152 cm³/mol. The third-order valence-corrected chi connectivity index (χ3v) is 8.95. The highest BCUT2D eigenvalue weighted by Crippen LogP contribution is 2.43. The van der Waals surface area contributed by atoms with Crippen molar-refractivity contribution in [2.24, 2.45) is 11.8 Å². The van der Waals surface area contributed by atoms with Crippen LogP contribution in [0, 0.1) is 11.8 Å². The minimum absolute atomic E-state index is 0. The summed E-state index contributed by atoms with van der Waals surface area (Å²) in [6, 6.07) is 11.4. The lowest BCUT2D eigenvalue weighted by Crippen LogP contribution is -2.66. The molecule has 4 unspecified atom stereocenters. The number of halogens is 2. The first-order valence-electron chi connectivity index (χ1n) is 13.8. The molecule has 0 bridgehead atoms. The second-order valence-corrected chi connectivity index (χ2v) is 10.9.